The molecular weight excluding hydrogens is 318 g/mol. The van der Waals surface area contributed by atoms with Gasteiger partial charge in [0.05, 0.1) is 19.6 Å². The Labute approximate surface area is 143 Å². The first kappa shape index (κ1) is 21.2. The van der Waals surface area contributed by atoms with Crippen LogP contribution in [-0.2, 0) is 15.0 Å². The van der Waals surface area contributed by atoms with Gasteiger partial charge in [0, 0.05) is 0 Å². The van der Waals surface area contributed by atoms with E-state index >= 15 is 0 Å². The second-order valence-corrected chi connectivity index (χ2v) is 5.95. The highest BCUT2D eigenvalue weighted by molar-refractivity contribution is 5.85. The van der Waals surface area contributed by atoms with Gasteiger partial charge in [0.2, 0.25) is 11.8 Å². The molecule has 0 saturated heterocycles. The fourth-order valence-corrected chi connectivity index (χ4v) is 1.72. The van der Waals surface area contributed by atoms with Crippen LogP contribution in [0.25, 0.3) is 0 Å². The zero-order chi connectivity index (χ0) is 16.6. The number of carbonyl (C=O) groups excluding carboxylic acids is 2. The molecule has 2 amide bonds. The molecule has 0 saturated carbocycles. The number of rotatable bonds is 7. The molecule has 6 nitrogen and oxygen atoms in total. The molecule has 7 heteroatoms. The first-order chi connectivity index (χ1) is 10.3. The second kappa shape index (κ2) is 10.1. The van der Waals surface area contributed by atoms with E-state index in [2.05, 4.69) is 31.4 Å². The summed E-state index contributed by atoms with van der Waals surface area (Å²) in [5.41, 5.74) is 6.47. The van der Waals surface area contributed by atoms with Crippen LogP contribution >= 0.6 is 12.4 Å². The molecule has 1 aromatic carbocycles. The van der Waals surface area contributed by atoms with Gasteiger partial charge in [0.25, 0.3) is 0 Å². The molecule has 0 spiro atoms. The van der Waals surface area contributed by atoms with Crippen molar-refractivity contribution in [2.45, 2.75) is 26.2 Å². The molecule has 0 atom stereocenters. The minimum absolute atomic E-state index is 0. The number of ether oxygens (including phenoxy) is 1. The van der Waals surface area contributed by atoms with Crippen LogP contribution in [0.1, 0.15) is 26.3 Å². The molecule has 0 fully saturated rings. The van der Waals surface area contributed by atoms with E-state index < -0.39 is 0 Å². The van der Waals surface area contributed by atoms with Gasteiger partial charge in [-0.15, -0.1) is 12.4 Å². The minimum Gasteiger partial charge on any atom is -0.492 e. The maximum absolute atomic E-state index is 11.4. The van der Waals surface area contributed by atoms with Gasteiger partial charge in [-0.1, -0.05) is 32.9 Å². The molecule has 1 aromatic rings. The first-order valence-electron chi connectivity index (χ1n) is 7.29. The lowest BCUT2D eigenvalue weighted by Gasteiger charge is -2.19. The van der Waals surface area contributed by atoms with Gasteiger partial charge < -0.3 is 21.1 Å². The van der Waals surface area contributed by atoms with E-state index in [1.54, 1.807) is 0 Å². The summed E-state index contributed by atoms with van der Waals surface area (Å²) in [6, 6.07) is 7.92. The van der Waals surface area contributed by atoms with Crippen molar-refractivity contribution < 1.29 is 14.3 Å². The highest BCUT2D eigenvalue weighted by atomic mass is 35.5. The molecule has 0 bridgehead atoms. The van der Waals surface area contributed by atoms with Crippen LogP contribution in [0.15, 0.2) is 24.3 Å². The first-order valence-corrected chi connectivity index (χ1v) is 7.29. The van der Waals surface area contributed by atoms with Gasteiger partial charge >= 0.3 is 0 Å². The second-order valence-electron chi connectivity index (χ2n) is 5.95. The average molecular weight is 344 g/mol. The highest BCUT2D eigenvalue weighted by Gasteiger charge is 2.12. The van der Waals surface area contributed by atoms with E-state index in [1.165, 1.54) is 5.56 Å². The quantitative estimate of drug-likeness (QED) is 0.643. The van der Waals surface area contributed by atoms with Crippen LogP contribution in [0.2, 0.25) is 0 Å². The Bertz CT molecular complexity index is 498. The number of hydrogen-bond donors (Lipinski definition) is 3. The molecule has 0 heterocycles. The molecule has 0 radical (unpaired) electrons. The summed E-state index contributed by atoms with van der Waals surface area (Å²) in [5.74, 6) is 0.137. The zero-order valence-corrected chi connectivity index (χ0v) is 14.7. The van der Waals surface area contributed by atoms with Crippen molar-refractivity contribution in [2.75, 3.05) is 26.2 Å². The number of amides is 2. The Morgan fingerprint density at radius 2 is 1.70 bits per heavy atom. The Morgan fingerprint density at radius 1 is 1.09 bits per heavy atom. The normalized spacial score (nSPS) is 10.4. The molecule has 0 aliphatic rings. The number of carbonyl (C=O) groups is 2. The Balaban J connectivity index is 0.00000484. The number of nitrogens with two attached hydrogens (primary N) is 1. The van der Waals surface area contributed by atoms with Crippen molar-refractivity contribution in [2.24, 2.45) is 5.73 Å². The third kappa shape index (κ3) is 8.42. The maximum atomic E-state index is 11.4. The van der Waals surface area contributed by atoms with Gasteiger partial charge in [-0.3, -0.25) is 9.59 Å². The fourth-order valence-electron chi connectivity index (χ4n) is 1.72. The number of hydrogen-bond acceptors (Lipinski definition) is 4. The van der Waals surface area contributed by atoms with Crippen LogP contribution in [0.4, 0.5) is 0 Å². The summed E-state index contributed by atoms with van der Waals surface area (Å²) in [6.07, 6.45) is 0. The smallest absolute Gasteiger partial charge is 0.239 e. The van der Waals surface area contributed by atoms with E-state index in [1.807, 2.05) is 24.3 Å². The summed E-state index contributed by atoms with van der Waals surface area (Å²) in [7, 11) is 0. The van der Waals surface area contributed by atoms with E-state index in [9.17, 15) is 9.59 Å². The number of benzene rings is 1. The van der Waals surface area contributed by atoms with Crippen molar-refractivity contribution >= 4 is 24.2 Å². The standard InChI is InChI=1S/C16H25N3O3.ClH/c1-16(2,3)12-4-6-13(7-5-12)22-9-8-18-15(21)11-19-14(20)10-17;/h4-7H,8-11,17H2,1-3H3,(H,18,21)(H,19,20);1H. The monoisotopic (exact) mass is 343 g/mol. The summed E-state index contributed by atoms with van der Waals surface area (Å²) in [5, 5.41) is 5.04. The largest absolute Gasteiger partial charge is 0.492 e. The predicted octanol–water partition coefficient (Wildman–Crippen LogP) is 0.976. The molecule has 1 rings (SSSR count). The number of nitrogens with one attached hydrogen (secondary N) is 2. The van der Waals surface area contributed by atoms with Gasteiger partial charge in [-0.25, -0.2) is 0 Å². The van der Waals surface area contributed by atoms with Crippen LogP contribution < -0.4 is 21.1 Å². The topological polar surface area (TPSA) is 93.5 Å². The zero-order valence-electron chi connectivity index (χ0n) is 13.8. The van der Waals surface area contributed by atoms with E-state index in [0.717, 1.165) is 5.75 Å². The highest BCUT2D eigenvalue weighted by Crippen LogP contribution is 2.24. The minimum atomic E-state index is -0.356. The average Bonchev–Trinajstić information content (AvgIpc) is 2.48. The lowest BCUT2D eigenvalue weighted by molar-refractivity contribution is -0.125. The molecule has 130 valence electrons. The lowest BCUT2D eigenvalue weighted by atomic mass is 9.87. The summed E-state index contributed by atoms with van der Waals surface area (Å²) < 4.78 is 5.55. The Kier molecular flexibility index (Phi) is 9.29. The third-order valence-electron chi connectivity index (χ3n) is 3.04. The molecule has 0 aliphatic heterocycles. The fraction of sp³-hybridized carbons (Fsp3) is 0.500. The van der Waals surface area contributed by atoms with Gasteiger partial charge in [0.1, 0.15) is 12.4 Å². The van der Waals surface area contributed by atoms with Crippen molar-refractivity contribution in [1.82, 2.24) is 10.6 Å². The van der Waals surface area contributed by atoms with Crippen molar-refractivity contribution in [3.8, 4) is 5.75 Å². The molecule has 0 aromatic heterocycles. The SMILES string of the molecule is CC(C)(C)c1ccc(OCCNC(=O)CNC(=O)CN)cc1.Cl. The maximum Gasteiger partial charge on any atom is 0.239 e. The molecule has 0 unspecified atom stereocenters. The predicted molar refractivity (Wildman–Crippen MR) is 93.0 cm³/mol. The Hall–Kier alpha value is -1.79. The number of halogens is 1. The van der Waals surface area contributed by atoms with Gasteiger partial charge in [-0.2, -0.15) is 0 Å². The Morgan fingerprint density at radius 3 is 2.22 bits per heavy atom. The summed E-state index contributed by atoms with van der Waals surface area (Å²) in [6.45, 7) is 7.01. The van der Waals surface area contributed by atoms with E-state index in [0.29, 0.717) is 13.2 Å². The lowest BCUT2D eigenvalue weighted by Crippen LogP contribution is -2.40. The van der Waals surface area contributed by atoms with Crippen LogP contribution in [0, 0.1) is 0 Å². The third-order valence-corrected chi connectivity index (χ3v) is 3.04. The van der Waals surface area contributed by atoms with E-state index in [-0.39, 0.29) is 42.7 Å². The molecule has 0 aliphatic carbocycles. The van der Waals surface area contributed by atoms with E-state index in [4.69, 9.17) is 10.5 Å². The van der Waals surface area contributed by atoms with Crippen LogP contribution in [-0.4, -0.2) is 38.1 Å². The molecule has 23 heavy (non-hydrogen) atoms. The van der Waals surface area contributed by atoms with Gasteiger partial charge in [0.15, 0.2) is 0 Å². The van der Waals surface area contributed by atoms with Crippen LogP contribution in [0.3, 0.4) is 0 Å². The molecular formula is C16H26ClN3O3. The van der Waals surface area contributed by atoms with Crippen LogP contribution in [0.5, 0.6) is 5.75 Å². The molecule has 4 N–H and O–H groups in total. The summed E-state index contributed by atoms with van der Waals surface area (Å²) >= 11 is 0. The van der Waals surface area contributed by atoms with Crippen molar-refractivity contribution in [3.63, 3.8) is 0 Å². The van der Waals surface area contributed by atoms with Crippen molar-refractivity contribution in [3.05, 3.63) is 29.8 Å². The summed E-state index contributed by atoms with van der Waals surface area (Å²) in [4.78, 5) is 22.3. The van der Waals surface area contributed by atoms with Gasteiger partial charge in [-0.05, 0) is 23.1 Å². The van der Waals surface area contributed by atoms with Crippen molar-refractivity contribution in [1.29, 1.82) is 0 Å².